The van der Waals surface area contributed by atoms with Crippen molar-refractivity contribution < 1.29 is 19.4 Å². The van der Waals surface area contributed by atoms with Gasteiger partial charge < -0.3 is 14.7 Å². The summed E-state index contributed by atoms with van der Waals surface area (Å²) in [5.41, 5.74) is 2.25. The van der Waals surface area contributed by atoms with Gasteiger partial charge in [-0.2, -0.15) is 0 Å². The average Bonchev–Trinajstić information content (AvgIpc) is 2.95. The number of amides is 1. The lowest BCUT2D eigenvalue weighted by atomic mass is 9.94. The molecule has 1 saturated heterocycles. The second-order valence-electron chi connectivity index (χ2n) is 6.73. The Morgan fingerprint density at radius 2 is 1.96 bits per heavy atom. The lowest BCUT2D eigenvalue weighted by Crippen LogP contribution is -2.30. The van der Waals surface area contributed by atoms with Crippen LogP contribution in [0.2, 0.25) is 0 Å². The zero-order chi connectivity index (χ0) is 20.4. The Balaban J connectivity index is 2.21. The minimum atomic E-state index is -0.667. The number of hydrogen-bond donors (Lipinski definition) is 1. The fraction of sp³-hybridized carbons (Fsp3) is 0.273. The van der Waals surface area contributed by atoms with E-state index < -0.39 is 17.7 Å². The molecule has 3 rings (SSSR count). The van der Waals surface area contributed by atoms with Gasteiger partial charge in [-0.1, -0.05) is 41.1 Å². The summed E-state index contributed by atoms with van der Waals surface area (Å²) < 4.78 is 6.20. The number of ether oxygens (including phenoxy) is 1. The molecule has 1 fully saturated rings. The van der Waals surface area contributed by atoms with Crippen molar-refractivity contribution in [2.24, 2.45) is 0 Å². The van der Waals surface area contributed by atoms with Crippen LogP contribution in [-0.4, -0.2) is 35.4 Å². The molecule has 1 aliphatic heterocycles. The zero-order valence-corrected chi connectivity index (χ0v) is 17.6. The fourth-order valence-corrected chi connectivity index (χ4v) is 3.70. The fourth-order valence-electron chi connectivity index (χ4n) is 3.46. The molecule has 0 spiro atoms. The highest BCUT2D eigenvalue weighted by atomic mass is 79.9. The number of likely N-dealkylation sites (tertiary alicyclic amines) is 1. The second-order valence-corrected chi connectivity index (χ2v) is 7.59. The number of carbonyl (C=O) groups excluding carboxylic acids is 2. The summed E-state index contributed by atoms with van der Waals surface area (Å²) in [4.78, 5) is 27.1. The Morgan fingerprint density at radius 3 is 2.61 bits per heavy atom. The summed E-state index contributed by atoms with van der Waals surface area (Å²) in [6.07, 6.45) is 0.699. The maximum absolute atomic E-state index is 12.8. The van der Waals surface area contributed by atoms with Gasteiger partial charge in [-0.3, -0.25) is 9.59 Å². The van der Waals surface area contributed by atoms with Gasteiger partial charge in [0.2, 0.25) is 0 Å². The molecular weight excluding hydrogens is 422 g/mol. The number of benzene rings is 2. The zero-order valence-electron chi connectivity index (χ0n) is 16.0. The summed E-state index contributed by atoms with van der Waals surface area (Å²) in [6.45, 7) is 4.26. The molecule has 1 unspecified atom stereocenters. The summed E-state index contributed by atoms with van der Waals surface area (Å²) in [5.74, 6) is -0.802. The van der Waals surface area contributed by atoms with Crippen molar-refractivity contribution in [1.82, 2.24) is 4.90 Å². The molecule has 0 radical (unpaired) electrons. The van der Waals surface area contributed by atoms with E-state index in [0.717, 1.165) is 15.6 Å². The van der Waals surface area contributed by atoms with E-state index in [0.29, 0.717) is 24.3 Å². The molecule has 1 heterocycles. The number of hydrogen-bond acceptors (Lipinski definition) is 4. The third-order valence-electron chi connectivity index (χ3n) is 4.85. The Kier molecular flexibility index (Phi) is 5.89. The highest BCUT2D eigenvalue weighted by Gasteiger charge is 2.45. The molecule has 6 heteroatoms. The van der Waals surface area contributed by atoms with Crippen LogP contribution >= 0.6 is 15.9 Å². The first-order valence-corrected chi connectivity index (χ1v) is 9.87. The predicted octanol–water partition coefficient (Wildman–Crippen LogP) is 4.60. The number of Topliss-reactive ketones (excluding diaryl/α,β-unsaturated/α-hetero) is 1. The summed E-state index contributed by atoms with van der Waals surface area (Å²) >= 11 is 3.44. The van der Waals surface area contributed by atoms with E-state index in [9.17, 15) is 14.7 Å². The normalized spacial score (nSPS) is 18.6. The molecule has 2 aromatic rings. The minimum Gasteiger partial charge on any atom is -0.507 e. The van der Waals surface area contributed by atoms with Gasteiger partial charge in [0.05, 0.1) is 18.7 Å². The number of rotatable bonds is 5. The van der Waals surface area contributed by atoms with Crippen molar-refractivity contribution in [3.8, 4) is 5.75 Å². The van der Waals surface area contributed by atoms with Crippen LogP contribution in [0.25, 0.3) is 5.76 Å². The van der Waals surface area contributed by atoms with E-state index in [-0.39, 0.29) is 11.3 Å². The number of methoxy groups -OCH3 is 1. The van der Waals surface area contributed by atoms with Crippen molar-refractivity contribution in [1.29, 1.82) is 0 Å². The Labute approximate surface area is 172 Å². The van der Waals surface area contributed by atoms with Crippen molar-refractivity contribution in [2.75, 3.05) is 13.7 Å². The number of aryl methyl sites for hydroxylation is 1. The van der Waals surface area contributed by atoms with Crippen molar-refractivity contribution >= 4 is 33.4 Å². The molecule has 0 saturated carbocycles. The molecule has 5 nitrogen and oxygen atoms in total. The van der Waals surface area contributed by atoms with Crippen molar-refractivity contribution in [3.63, 3.8) is 0 Å². The molecular formula is C22H22BrNO4. The predicted molar refractivity (Wildman–Crippen MR) is 111 cm³/mol. The van der Waals surface area contributed by atoms with Gasteiger partial charge in [0.1, 0.15) is 11.5 Å². The van der Waals surface area contributed by atoms with Crippen molar-refractivity contribution in [3.05, 3.63) is 69.2 Å². The number of nitrogens with zero attached hydrogens (tertiary/aromatic N) is 1. The highest BCUT2D eigenvalue weighted by Crippen LogP contribution is 2.40. The van der Waals surface area contributed by atoms with E-state index in [2.05, 4.69) is 15.9 Å². The first kappa shape index (κ1) is 20.1. The number of halogens is 1. The number of aliphatic hydroxyl groups excluding tert-OH is 1. The Bertz CT molecular complexity index is 967. The van der Waals surface area contributed by atoms with E-state index in [1.165, 1.54) is 4.90 Å². The molecule has 1 aliphatic rings. The van der Waals surface area contributed by atoms with Gasteiger partial charge in [0.15, 0.2) is 0 Å². The van der Waals surface area contributed by atoms with Crippen LogP contribution in [0.5, 0.6) is 5.75 Å². The van der Waals surface area contributed by atoms with Gasteiger partial charge in [0.25, 0.3) is 11.7 Å². The molecule has 1 amide bonds. The third-order valence-corrected chi connectivity index (χ3v) is 5.74. The molecule has 146 valence electrons. The first-order chi connectivity index (χ1) is 13.4. The Hall–Kier alpha value is -2.60. The molecule has 2 aromatic carbocycles. The maximum atomic E-state index is 12.8. The molecule has 0 aliphatic carbocycles. The second kappa shape index (κ2) is 8.19. The molecule has 1 N–H and O–H groups in total. The standard InChI is InChI=1S/C22H22BrNO4/c1-4-10-24-19(14-6-5-7-16(12-14)28-3)18(21(26)22(24)27)20(25)15-8-9-17(23)13(2)11-15/h5-9,11-12,19,25H,4,10H2,1-3H3/b20-18-. The monoisotopic (exact) mass is 443 g/mol. The maximum Gasteiger partial charge on any atom is 0.295 e. The van der Waals surface area contributed by atoms with Crippen LogP contribution in [0.4, 0.5) is 0 Å². The van der Waals surface area contributed by atoms with Gasteiger partial charge in [-0.05, 0) is 48.7 Å². The summed E-state index contributed by atoms with van der Waals surface area (Å²) in [6, 6.07) is 11.9. The largest absolute Gasteiger partial charge is 0.507 e. The lowest BCUT2D eigenvalue weighted by Gasteiger charge is -2.25. The minimum absolute atomic E-state index is 0.105. The number of aliphatic hydroxyl groups is 1. The van der Waals surface area contributed by atoms with Crippen LogP contribution in [0, 0.1) is 6.92 Å². The van der Waals surface area contributed by atoms with E-state index in [1.807, 2.05) is 32.0 Å². The number of carbonyl (C=O) groups is 2. The topological polar surface area (TPSA) is 66.8 Å². The van der Waals surface area contributed by atoms with Crippen LogP contribution in [0.15, 0.2) is 52.5 Å². The SMILES string of the molecule is CCCN1C(=O)C(=O)/C(=C(\O)c2ccc(Br)c(C)c2)C1c1cccc(OC)c1. The van der Waals surface area contributed by atoms with Gasteiger partial charge >= 0.3 is 0 Å². The first-order valence-electron chi connectivity index (χ1n) is 9.08. The smallest absolute Gasteiger partial charge is 0.295 e. The summed E-state index contributed by atoms with van der Waals surface area (Å²) in [7, 11) is 1.56. The average molecular weight is 444 g/mol. The number of ketones is 1. The van der Waals surface area contributed by atoms with E-state index in [1.54, 1.807) is 31.4 Å². The summed E-state index contributed by atoms with van der Waals surface area (Å²) in [5, 5.41) is 11.0. The van der Waals surface area contributed by atoms with E-state index in [4.69, 9.17) is 4.74 Å². The van der Waals surface area contributed by atoms with Crippen LogP contribution in [-0.2, 0) is 9.59 Å². The Morgan fingerprint density at radius 1 is 1.21 bits per heavy atom. The molecule has 28 heavy (non-hydrogen) atoms. The van der Waals surface area contributed by atoms with Crippen LogP contribution in [0.1, 0.15) is 36.1 Å². The highest BCUT2D eigenvalue weighted by molar-refractivity contribution is 9.10. The molecule has 0 bridgehead atoms. The van der Waals surface area contributed by atoms with Gasteiger partial charge in [0, 0.05) is 16.6 Å². The van der Waals surface area contributed by atoms with Crippen molar-refractivity contribution in [2.45, 2.75) is 26.3 Å². The van der Waals surface area contributed by atoms with Crippen LogP contribution < -0.4 is 4.74 Å². The third kappa shape index (κ3) is 3.56. The lowest BCUT2D eigenvalue weighted by molar-refractivity contribution is -0.139. The van der Waals surface area contributed by atoms with Crippen LogP contribution in [0.3, 0.4) is 0 Å². The quantitative estimate of drug-likeness (QED) is 0.416. The van der Waals surface area contributed by atoms with Gasteiger partial charge in [-0.15, -0.1) is 0 Å². The molecule has 0 aromatic heterocycles. The van der Waals surface area contributed by atoms with E-state index >= 15 is 0 Å². The van der Waals surface area contributed by atoms with Gasteiger partial charge in [-0.25, -0.2) is 0 Å². The molecule has 1 atom stereocenters.